The zero-order valence-electron chi connectivity index (χ0n) is 12.1. The minimum atomic E-state index is -0.185. The van der Waals surface area contributed by atoms with Gasteiger partial charge in [0.1, 0.15) is 0 Å². The Kier molecular flexibility index (Phi) is 4.76. The molecule has 0 aliphatic carbocycles. The maximum absolute atomic E-state index is 11.9. The molecule has 0 radical (unpaired) electrons. The van der Waals surface area contributed by atoms with Gasteiger partial charge in [0.05, 0.1) is 11.9 Å². The highest BCUT2D eigenvalue weighted by atomic mass is 16.2. The van der Waals surface area contributed by atoms with Crippen LogP contribution in [0.3, 0.4) is 0 Å². The van der Waals surface area contributed by atoms with Crippen LogP contribution < -0.4 is 15.8 Å². The lowest BCUT2D eigenvalue weighted by Crippen LogP contribution is -2.46. The van der Waals surface area contributed by atoms with Crippen molar-refractivity contribution in [3.05, 3.63) is 22.6 Å². The number of hydrogen-bond acceptors (Lipinski definition) is 4. The fraction of sp³-hybridized carbons (Fsp3) is 0.643. The lowest BCUT2D eigenvalue weighted by Gasteiger charge is -2.33. The van der Waals surface area contributed by atoms with Gasteiger partial charge >= 0.3 is 0 Å². The highest BCUT2D eigenvalue weighted by Crippen LogP contribution is 2.17. The number of nitrogens with zero attached hydrogens (tertiary/aromatic N) is 2. The van der Waals surface area contributed by atoms with Crippen LogP contribution >= 0.6 is 0 Å². The van der Waals surface area contributed by atoms with E-state index in [-0.39, 0.29) is 23.4 Å². The molecule has 110 valence electrons. The van der Waals surface area contributed by atoms with Crippen molar-refractivity contribution in [1.82, 2.24) is 15.5 Å². The minimum Gasteiger partial charge on any atom is -0.370 e. The van der Waals surface area contributed by atoms with Crippen LogP contribution in [-0.4, -0.2) is 35.2 Å². The van der Waals surface area contributed by atoms with Gasteiger partial charge in [0, 0.05) is 31.1 Å². The molecular weight excluding hydrogens is 256 g/mol. The summed E-state index contributed by atoms with van der Waals surface area (Å²) >= 11 is 0. The molecule has 2 heterocycles. The lowest BCUT2D eigenvalue weighted by molar-refractivity contribution is -0.125. The third kappa shape index (κ3) is 3.59. The number of piperidine rings is 1. The number of H-pyrrole nitrogens is 1. The van der Waals surface area contributed by atoms with Crippen LogP contribution in [-0.2, 0) is 4.79 Å². The van der Waals surface area contributed by atoms with Crippen LogP contribution in [0.4, 0.5) is 5.69 Å². The molecule has 1 atom stereocenters. The van der Waals surface area contributed by atoms with Gasteiger partial charge in [0.2, 0.25) is 5.91 Å². The number of aromatic amines is 1. The van der Waals surface area contributed by atoms with Gasteiger partial charge in [0.15, 0.2) is 0 Å². The summed E-state index contributed by atoms with van der Waals surface area (Å²) in [5.41, 5.74) is 0.662. The molecule has 2 rings (SSSR count). The monoisotopic (exact) mass is 278 g/mol. The van der Waals surface area contributed by atoms with Gasteiger partial charge in [-0.1, -0.05) is 13.8 Å². The van der Waals surface area contributed by atoms with Crippen molar-refractivity contribution >= 4 is 11.6 Å². The fourth-order valence-corrected chi connectivity index (χ4v) is 2.35. The number of rotatable bonds is 4. The highest BCUT2D eigenvalue weighted by molar-refractivity contribution is 5.78. The Balaban J connectivity index is 1.86. The van der Waals surface area contributed by atoms with Crippen LogP contribution in [0.25, 0.3) is 0 Å². The first kappa shape index (κ1) is 14.6. The summed E-state index contributed by atoms with van der Waals surface area (Å²) in [5, 5.41) is 9.29. The number of carbonyl (C=O) groups excluding carboxylic acids is 1. The van der Waals surface area contributed by atoms with E-state index < -0.39 is 0 Å². The van der Waals surface area contributed by atoms with Crippen LogP contribution in [0.5, 0.6) is 0 Å². The van der Waals surface area contributed by atoms with Gasteiger partial charge in [-0.3, -0.25) is 9.59 Å². The number of aromatic nitrogens is 2. The quantitative estimate of drug-likeness (QED) is 0.858. The normalized spacial score (nSPS) is 17.8. The molecule has 1 amide bonds. The molecule has 1 aromatic rings. The maximum atomic E-state index is 11.9. The van der Waals surface area contributed by atoms with Crippen molar-refractivity contribution < 1.29 is 4.79 Å². The SMILES string of the molecule is CCC(C)C(=O)NC1CCN(c2cn[nH]c(=O)c2)CC1. The molecule has 1 saturated heterocycles. The molecule has 1 aromatic heterocycles. The number of amides is 1. The molecule has 0 saturated carbocycles. The maximum Gasteiger partial charge on any atom is 0.266 e. The molecule has 6 heteroatoms. The van der Waals surface area contributed by atoms with E-state index in [4.69, 9.17) is 0 Å². The Morgan fingerprint density at radius 3 is 2.85 bits per heavy atom. The van der Waals surface area contributed by atoms with Gasteiger partial charge in [0.25, 0.3) is 5.56 Å². The zero-order chi connectivity index (χ0) is 14.5. The van der Waals surface area contributed by atoms with Gasteiger partial charge in [-0.25, -0.2) is 5.10 Å². The van der Waals surface area contributed by atoms with Gasteiger partial charge in [-0.2, -0.15) is 5.10 Å². The average molecular weight is 278 g/mol. The second-order valence-corrected chi connectivity index (χ2v) is 5.38. The van der Waals surface area contributed by atoms with E-state index >= 15 is 0 Å². The van der Waals surface area contributed by atoms with E-state index in [1.54, 1.807) is 12.3 Å². The second kappa shape index (κ2) is 6.54. The molecule has 1 unspecified atom stereocenters. The zero-order valence-corrected chi connectivity index (χ0v) is 12.1. The first-order chi connectivity index (χ1) is 9.60. The van der Waals surface area contributed by atoms with Gasteiger partial charge in [-0.05, 0) is 19.3 Å². The predicted octanol–water partition coefficient (Wildman–Crippen LogP) is 0.901. The summed E-state index contributed by atoms with van der Waals surface area (Å²) in [5.74, 6) is 0.216. The summed E-state index contributed by atoms with van der Waals surface area (Å²) < 4.78 is 0. The van der Waals surface area contributed by atoms with Crippen molar-refractivity contribution in [1.29, 1.82) is 0 Å². The van der Waals surface area contributed by atoms with E-state index in [1.165, 1.54) is 0 Å². The minimum absolute atomic E-state index is 0.0740. The summed E-state index contributed by atoms with van der Waals surface area (Å²) in [6, 6.07) is 1.80. The third-order valence-corrected chi connectivity index (χ3v) is 3.92. The molecule has 0 aromatic carbocycles. The van der Waals surface area contributed by atoms with Crippen LogP contribution in [0.2, 0.25) is 0 Å². The molecule has 20 heavy (non-hydrogen) atoms. The summed E-state index contributed by atoms with van der Waals surface area (Å²) in [6.07, 6.45) is 4.33. The third-order valence-electron chi connectivity index (χ3n) is 3.92. The van der Waals surface area contributed by atoms with E-state index in [0.717, 1.165) is 38.0 Å². The fourth-order valence-electron chi connectivity index (χ4n) is 2.35. The number of hydrogen-bond donors (Lipinski definition) is 2. The molecule has 0 spiro atoms. The number of anilines is 1. The topological polar surface area (TPSA) is 78.1 Å². The van der Waals surface area contributed by atoms with Crippen LogP contribution in [0.15, 0.2) is 17.1 Å². The van der Waals surface area contributed by atoms with Gasteiger partial charge in [-0.15, -0.1) is 0 Å². The van der Waals surface area contributed by atoms with Gasteiger partial charge < -0.3 is 10.2 Å². The summed E-state index contributed by atoms with van der Waals surface area (Å²) in [6.45, 7) is 5.63. The smallest absolute Gasteiger partial charge is 0.266 e. The Labute approximate surface area is 118 Å². The van der Waals surface area contributed by atoms with Crippen molar-refractivity contribution in [2.24, 2.45) is 5.92 Å². The Morgan fingerprint density at radius 1 is 1.55 bits per heavy atom. The average Bonchev–Trinajstić information content (AvgIpc) is 2.47. The van der Waals surface area contributed by atoms with E-state index in [1.807, 2.05) is 13.8 Å². The van der Waals surface area contributed by atoms with E-state index in [0.29, 0.717) is 0 Å². The molecule has 6 nitrogen and oxygen atoms in total. The predicted molar refractivity (Wildman–Crippen MR) is 77.7 cm³/mol. The van der Waals surface area contributed by atoms with Crippen molar-refractivity contribution in [3.63, 3.8) is 0 Å². The number of nitrogens with one attached hydrogen (secondary N) is 2. The number of carbonyl (C=O) groups is 1. The standard InChI is InChI=1S/C14H22N4O2/c1-3-10(2)14(20)16-11-4-6-18(7-5-11)12-8-13(19)17-15-9-12/h8-11H,3-7H2,1-2H3,(H,16,20)(H,17,19). The lowest BCUT2D eigenvalue weighted by atomic mass is 10.0. The molecule has 1 aliphatic heterocycles. The molecular formula is C14H22N4O2. The summed E-state index contributed by atoms with van der Waals surface area (Å²) in [7, 11) is 0. The second-order valence-electron chi connectivity index (χ2n) is 5.38. The first-order valence-corrected chi connectivity index (χ1v) is 7.20. The van der Waals surface area contributed by atoms with E-state index in [2.05, 4.69) is 20.4 Å². The first-order valence-electron chi connectivity index (χ1n) is 7.20. The molecule has 1 aliphatic rings. The van der Waals surface area contributed by atoms with E-state index in [9.17, 15) is 9.59 Å². The molecule has 2 N–H and O–H groups in total. The Morgan fingerprint density at radius 2 is 2.25 bits per heavy atom. The van der Waals surface area contributed by atoms with Crippen molar-refractivity contribution in [2.45, 2.75) is 39.2 Å². The van der Waals surface area contributed by atoms with Crippen LogP contribution in [0, 0.1) is 5.92 Å². The molecule has 1 fully saturated rings. The Bertz CT molecular complexity index is 506. The highest BCUT2D eigenvalue weighted by Gasteiger charge is 2.22. The summed E-state index contributed by atoms with van der Waals surface area (Å²) in [4.78, 5) is 25.2. The largest absolute Gasteiger partial charge is 0.370 e. The molecule has 0 bridgehead atoms. The van der Waals surface area contributed by atoms with Crippen LogP contribution in [0.1, 0.15) is 33.1 Å². The van der Waals surface area contributed by atoms with Crippen molar-refractivity contribution in [3.8, 4) is 0 Å². The van der Waals surface area contributed by atoms with Crippen molar-refractivity contribution in [2.75, 3.05) is 18.0 Å². The Hall–Kier alpha value is -1.85.